The standard InChI is InChI=1S/C14H16ClN3/c1-10-4-3-5-11(6-10)9-18(2)14-13(15)7-12(16)8-17-14/h3-8H,9,16H2,1-2H3. The van der Waals surface area contributed by atoms with Gasteiger partial charge in [-0.3, -0.25) is 0 Å². The van der Waals surface area contributed by atoms with Gasteiger partial charge in [-0.2, -0.15) is 0 Å². The van der Waals surface area contributed by atoms with Crippen LogP contribution in [0.15, 0.2) is 36.5 Å². The van der Waals surface area contributed by atoms with Gasteiger partial charge in [0.15, 0.2) is 0 Å². The number of pyridine rings is 1. The van der Waals surface area contributed by atoms with Gasteiger partial charge in [0.25, 0.3) is 0 Å². The largest absolute Gasteiger partial charge is 0.397 e. The summed E-state index contributed by atoms with van der Waals surface area (Å²) in [5, 5.41) is 0.574. The number of aryl methyl sites for hydroxylation is 1. The predicted octanol–water partition coefficient (Wildman–Crippen LogP) is 3.26. The fourth-order valence-electron chi connectivity index (χ4n) is 1.89. The predicted molar refractivity (Wildman–Crippen MR) is 76.9 cm³/mol. The van der Waals surface area contributed by atoms with E-state index in [2.05, 4.69) is 36.2 Å². The molecule has 1 heterocycles. The van der Waals surface area contributed by atoms with E-state index >= 15 is 0 Å². The Morgan fingerprint density at radius 3 is 2.78 bits per heavy atom. The molecule has 0 spiro atoms. The summed E-state index contributed by atoms with van der Waals surface area (Å²) >= 11 is 6.14. The summed E-state index contributed by atoms with van der Waals surface area (Å²) < 4.78 is 0. The molecule has 2 rings (SSSR count). The van der Waals surface area contributed by atoms with Gasteiger partial charge in [0, 0.05) is 13.6 Å². The van der Waals surface area contributed by atoms with Gasteiger partial charge in [-0.15, -0.1) is 0 Å². The van der Waals surface area contributed by atoms with E-state index in [1.165, 1.54) is 11.1 Å². The van der Waals surface area contributed by atoms with E-state index in [1.807, 2.05) is 11.9 Å². The minimum Gasteiger partial charge on any atom is -0.397 e. The van der Waals surface area contributed by atoms with E-state index in [9.17, 15) is 0 Å². The average Bonchev–Trinajstić information content (AvgIpc) is 2.28. The first-order valence-corrected chi connectivity index (χ1v) is 6.12. The number of hydrogen-bond acceptors (Lipinski definition) is 3. The van der Waals surface area contributed by atoms with Crippen molar-refractivity contribution >= 4 is 23.1 Å². The summed E-state index contributed by atoms with van der Waals surface area (Å²) in [4.78, 5) is 6.28. The van der Waals surface area contributed by atoms with Crippen molar-refractivity contribution in [2.24, 2.45) is 0 Å². The number of nitrogen functional groups attached to an aromatic ring is 1. The molecule has 0 amide bonds. The highest BCUT2D eigenvalue weighted by Gasteiger charge is 2.08. The summed E-state index contributed by atoms with van der Waals surface area (Å²) in [6.45, 7) is 2.84. The summed E-state index contributed by atoms with van der Waals surface area (Å²) in [5.41, 5.74) is 8.69. The number of benzene rings is 1. The fraction of sp³-hybridized carbons (Fsp3) is 0.214. The summed E-state index contributed by atoms with van der Waals surface area (Å²) in [5.74, 6) is 0.743. The molecule has 0 atom stereocenters. The first-order chi connectivity index (χ1) is 8.56. The van der Waals surface area contributed by atoms with Crippen LogP contribution in [0.25, 0.3) is 0 Å². The van der Waals surface area contributed by atoms with Crippen molar-refractivity contribution in [1.82, 2.24) is 4.98 Å². The summed E-state index contributed by atoms with van der Waals surface area (Å²) in [6.07, 6.45) is 1.62. The van der Waals surface area contributed by atoms with Crippen LogP contribution in [0.1, 0.15) is 11.1 Å². The zero-order chi connectivity index (χ0) is 13.1. The SMILES string of the molecule is Cc1cccc(CN(C)c2ncc(N)cc2Cl)c1. The molecule has 1 aromatic carbocycles. The molecular weight excluding hydrogens is 246 g/mol. The van der Waals surface area contributed by atoms with Crippen LogP contribution in [-0.2, 0) is 6.54 Å². The number of aromatic nitrogens is 1. The van der Waals surface area contributed by atoms with Gasteiger partial charge < -0.3 is 10.6 Å². The van der Waals surface area contributed by atoms with Crippen molar-refractivity contribution in [2.75, 3.05) is 17.7 Å². The fourth-order valence-corrected chi connectivity index (χ4v) is 2.20. The third-order valence-electron chi connectivity index (χ3n) is 2.71. The Morgan fingerprint density at radius 2 is 2.11 bits per heavy atom. The summed E-state index contributed by atoms with van der Waals surface area (Å²) in [7, 11) is 1.97. The van der Waals surface area contributed by atoms with Crippen LogP contribution in [0.5, 0.6) is 0 Å². The lowest BCUT2D eigenvalue weighted by Gasteiger charge is -2.19. The molecule has 0 saturated carbocycles. The highest BCUT2D eigenvalue weighted by atomic mass is 35.5. The molecule has 94 valence electrons. The molecule has 0 aliphatic heterocycles. The number of nitrogens with two attached hydrogens (primary N) is 1. The first kappa shape index (κ1) is 12.7. The minimum atomic E-state index is 0.574. The second-order valence-electron chi connectivity index (χ2n) is 4.42. The Bertz CT molecular complexity index is 554. The van der Waals surface area contributed by atoms with Crippen LogP contribution >= 0.6 is 11.6 Å². The maximum absolute atomic E-state index is 6.14. The maximum Gasteiger partial charge on any atom is 0.147 e. The zero-order valence-electron chi connectivity index (χ0n) is 10.5. The molecule has 2 N–H and O–H groups in total. The second kappa shape index (κ2) is 5.27. The normalized spacial score (nSPS) is 10.4. The quantitative estimate of drug-likeness (QED) is 0.922. The minimum absolute atomic E-state index is 0.574. The van der Waals surface area contributed by atoms with Gasteiger partial charge in [-0.1, -0.05) is 41.4 Å². The molecule has 4 heteroatoms. The van der Waals surface area contributed by atoms with Crippen LogP contribution in [0, 0.1) is 6.92 Å². The monoisotopic (exact) mass is 261 g/mol. The molecule has 3 nitrogen and oxygen atoms in total. The van der Waals surface area contributed by atoms with Crippen molar-refractivity contribution in [3.05, 3.63) is 52.7 Å². The molecule has 0 radical (unpaired) electrons. The third-order valence-corrected chi connectivity index (χ3v) is 2.98. The molecule has 0 bridgehead atoms. The van der Waals surface area contributed by atoms with E-state index in [-0.39, 0.29) is 0 Å². The molecular formula is C14H16ClN3. The molecule has 0 unspecified atom stereocenters. The van der Waals surface area contributed by atoms with Crippen molar-refractivity contribution in [1.29, 1.82) is 0 Å². The lowest BCUT2D eigenvalue weighted by molar-refractivity contribution is 0.897. The smallest absolute Gasteiger partial charge is 0.147 e. The van der Waals surface area contributed by atoms with Gasteiger partial charge in [-0.05, 0) is 18.6 Å². The van der Waals surface area contributed by atoms with Crippen molar-refractivity contribution in [2.45, 2.75) is 13.5 Å². The number of anilines is 2. The van der Waals surface area contributed by atoms with Gasteiger partial charge >= 0.3 is 0 Å². The Hall–Kier alpha value is -1.74. The van der Waals surface area contributed by atoms with E-state index in [0.717, 1.165) is 12.4 Å². The molecule has 0 aliphatic carbocycles. The van der Waals surface area contributed by atoms with Crippen LogP contribution in [-0.4, -0.2) is 12.0 Å². The number of nitrogens with zero attached hydrogens (tertiary/aromatic N) is 2. The molecule has 0 fully saturated rings. The number of rotatable bonds is 3. The summed E-state index contributed by atoms with van der Waals surface area (Å²) in [6, 6.07) is 10.1. The van der Waals surface area contributed by atoms with E-state index < -0.39 is 0 Å². The van der Waals surface area contributed by atoms with Gasteiger partial charge in [0.2, 0.25) is 0 Å². The van der Waals surface area contributed by atoms with Gasteiger partial charge in [-0.25, -0.2) is 4.98 Å². The second-order valence-corrected chi connectivity index (χ2v) is 4.83. The van der Waals surface area contributed by atoms with E-state index in [4.69, 9.17) is 17.3 Å². The molecule has 0 saturated heterocycles. The Kier molecular flexibility index (Phi) is 3.72. The van der Waals surface area contributed by atoms with Crippen LogP contribution < -0.4 is 10.6 Å². The molecule has 2 aromatic rings. The highest BCUT2D eigenvalue weighted by molar-refractivity contribution is 6.33. The van der Waals surface area contributed by atoms with Crippen molar-refractivity contribution in [3.63, 3.8) is 0 Å². The van der Waals surface area contributed by atoms with Crippen LogP contribution in [0.4, 0.5) is 11.5 Å². The average molecular weight is 262 g/mol. The Morgan fingerprint density at radius 1 is 1.33 bits per heavy atom. The first-order valence-electron chi connectivity index (χ1n) is 5.74. The van der Waals surface area contributed by atoms with Gasteiger partial charge in [0.1, 0.15) is 5.82 Å². The Labute approximate surface area is 112 Å². The lowest BCUT2D eigenvalue weighted by atomic mass is 10.1. The highest BCUT2D eigenvalue weighted by Crippen LogP contribution is 2.25. The molecule has 18 heavy (non-hydrogen) atoms. The number of halogens is 1. The van der Waals surface area contributed by atoms with Crippen molar-refractivity contribution in [3.8, 4) is 0 Å². The van der Waals surface area contributed by atoms with Crippen molar-refractivity contribution < 1.29 is 0 Å². The molecule has 0 aliphatic rings. The van der Waals surface area contributed by atoms with E-state index in [0.29, 0.717) is 10.7 Å². The van der Waals surface area contributed by atoms with Crippen LogP contribution in [0.3, 0.4) is 0 Å². The third kappa shape index (κ3) is 2.93. The topological polar surface area (TPSA) is 42.2 Å². The van der Waals surface area contributed by atoms with E-state index in [1.54, 1.807) is 12.3 Å². The van der Waals surface area contributed by atoms with Gasteiger partial charge in [0.05, 0.1) is 16.9 Å². The maximum atomic E-state index is 6.14. The molecule has 1 aromatic heterocycles. The van der Waals surface area contributed by atoms with Crippen LogP contribution in [0.2, 0.25) is 5.02 Å². The Balaban J connectivity index is 2.19. The lowest BCUT2D eigenvalue weighted by Crippen LogP contribution is -2.18. The number of hydrogen-bond donors (Lipinski definition) is 1. The zero-order valence-corrected chi connectivity index (χ0v) is 11.3.